The van der Waals surface area contributed by atoms with Crippen molar-refractivity contribution in [1.29, 1.82) is 0 Å². The maximum Gasteiger partial charge on any atom is 0.328 e. The molecule has 0 radical (unpaired) electrons. The highest BCUT2D eigenvalue weighted by molar-refractivity contribution is 6.02. The molecule has 0 atom stereocenters. The first-order valence-electron chi connectivity index (χ1n) is 6.96. The van der Waals surface area contributed by atoms with Gasteiger partial charge in [0.1, 0.15) is 5.56 Å². The summed E-state index contributed by atoms with van der Waals surface area (Å²) in [5.41, 5.74) is -1.05. The smallest absolute Gasteiger partial charge is 0.313 e. The fourth-order valence-corrected chi connectivity index (χ4v) is 2.00. The zero-order valence-electron chi connectivity index (χ0n) is 12.3. The zero-order valence-corrected chi connectivity index (χ0v) is 12.3. The fraction of sp³-hybridized carbons (Fsp3) is 0.0667. The van der Waals surface area contributed by atoms with Crippen molar-refractivity contribution in [1.82, 2.24) is 24.5 Å². The number of rotatable bonds is 4. The number of hydrogen-bond acceptors (Lipinski definition) is 6. The van der Waals surface area contributed by atoms with Gasteiger partial charge in [0, 0.05) is 24.8 Å². The molecule has 1 amide bonds. The van der Waals surface area contributed by atoms with Crippen LogP contribution in [0.5, 0.6) is 0 Å². The van der Waals surface area contributed by atoms with Gasteiger partial charge in [-0.2, -0.15) is 0 Å². The van der Waals surface area contributed by atoms with Crippen molar-refractivity contribution in [3.05, 3.63) is 81.1 Å². The van der Waals surface area contributed by atoms with E-state index in [1.807, 2.05) is 0 Å². The molecule has 2 N–H and O–H groups in total. The Balaban J connectivity index is 1.93. The maximum absolute atomic E-state index is 12.4. The van der Waals surface area contributed by atoms with Crippen LogP contribution in [0.3, 0.4) is 0 Å². The second-order valence-electron chi connectivity index (χ2n) is 4.75. The van der Waals surface area contributed by atoms with Gasteiger partial charge in [0.05, 0.1) is 12.2 Å². The third kappa shape index (κ3) is 3.24. The normalized spacial score (nSPS) is 10.3. The molecule has 0 aliphatic heterocycles. The van der Waals surface area contributed by atoms with Gasteiger partial charge in [-0.05, 0) is 18.2 Å². The summed E-state index contributed by atoms with van der Waals surface area (Å²) >= 11 is 0. The summed E-state index contributed by atoms with van der Waals surface area (Å²) in [6.07, 6.45) is 5.53. The lowest BCUT2D eigenvalue weighted by atomic mass is 10.3. The van der Waals surface area contributed by atoms with E-state index in [0.29, 0.717) is 5.69 Å². The van der Waals surface area contributed by atoms with Crippen LogP contribution in [0.15, 0.2) is 58.6 Å². The van der Waals surface area contributed by atoms with Crippen LogP contribution in [-0.4, -0.2) is 30.4 Å². The molecule has 0 bridgehead atoms. The molecule has 24 heavy (non-hydrogen) atoms. The second-order valence-corrected chi connectivity index (χ2v) is 4.75. The van der Waals surface area contributed by atoms with Gasteiger partial charge in [0.15, 0.2) is 0 Å². The molecule has 9 heteroatoms. The summed E-state index contributed by atoms with van der Waals surface area (Å²) < 4.78 is 0.906. The number of carbonyl (C=O) groups is 1. The van der Waals surface area contributed by atoms with Gasteiger partial charge in [-0.25, -0.2) is 14.8 Å². The van der Waals surface area contributed by atoms with Crippen LogP contribution in [0.1, 0.15) is 16.1 Å². The number of amides is 1. The Hall–Kier alpha value is -3.62. The number of anilines is 1. The Morgan fingerprint density at radius 1 is 1.08 bits per heavy atom. The van der Waals surface area contributed by atoms with Gasteiger partial charge >= 0.3 is 5.69 Å². The molecular formula is C15H12N6O3. The highest BCUT2D eigenvalue weighted by atomic mass is 16.2. The number of nitrogens with one attached hydrogen (secondary N) is 2. The lowest BCUT2D eigenvalue weighted by molar-refractivity contribution is 0.102. The topological polar surface area (TPSA) is 123 Å². The second kappa shape index (κ2) is 6.65. The van der Waals surface area contributed by atoms with Crippen LogP contribution >= 0.6 is 0 Å². The van der Waals surface area contributed by atoms with Gasteiger partial charge in [-0.3, -0.25) is 24.5 Å². The quantitative estimate of drug-likeness (QED) is 0.697. The molecule has 0 aromatic carbocycles. The zero-order chi connectivity index (χ0) is 16.9. The summed E-state index contributed by atoms with van der Waals surface area (Å²) in [5.74, 6) is -0.651. The Morgan fingerprint density at radius 2 is 1.83 bits per heavy atom. The van der Waals surface area contributed by atoms with Crippen LogP contribution in [0, 0.1) is 0 Å². The van der Waals surface area contributed by atoms with E-state index < -0.39 is 17.2 Å². The van der Waals surface area contributed by atoms with E-state index in [2.05, 4.69) is 25.3 Å². The lowest BCUT2D eigenvalue weighted by Crippen LogP contribution is -2.39. The Kier molecular flexibility index (Phi) is 4.23. The van der Waals surface area contributed by atoms with Gasteiger partial charge in [0.25, 0.3) is 11.5 Å². The Bertz CT molecular complexity index is 966. The van der Waals surface area contributed by atoms with Crippen molar-refractivity contribution in [2.24, 2.45) is 0 Å². The number of hydrogen-bond donors (Lipinski definition) is 2. The molecule has 0 saturated carbocycles. The number of nitrogens with zero attached hydrogens (tertiary/aromatic N) is 4. The number of aromatic nitrogens is 5. The van der Waals surface area contributed by atoms with Crippen molar-refractivity contribution in [3.8, 4) is 0 Å². The van der Waals surface area contributed by atoms with E-state index in [-0.39, 0.29) is 18.1 Å². The molecule has 3 aromatic rings. The maximum atomic E-state index is 12.4. The van der Waals surface area contributed by atoms with Crippen molar-refractivity contribution in [3.63, 3.8) is 0 Å². The van der Waals surface area contributed by atoms with Crippen molar-refractivity contribution in [2.45, 2.75) is 6.54 Å². The molecule has 3 rings (SSSR count). The first-order valence-corrected chi connectivity index (χ1v) is 6.96. The molecular weight excluding hydrogens is 312 g/mol. The SMILES string of the molecule is O=C(Nc1ncccn1)c1c[nH]c(=O)n(Cc2ccccn2)c1=O. The predicted molar refractivity (Wildman–Crippen MR) is 84.6 cm³/mol. The molecule has 9 nitrogen and oxygen atoms in total. The number of pyridine rings is 1. The summed E-state index contributed by atoms with van der Waals surface area (Å²) in [5, 5.41) is 2.40. The van der Waals surface area contributed by atoms with Gasteiger partial charge in [-0.1, -0.05) is 6.07 Å². The molecule has 3 heterocycles. The summed E-state index contributed by atoms with van der Waals surface area (Å²) in [6.45, 7) is -0.0437. The summed E-state index contributed by atoms with van der Waals surface area (Å²) in [6, 6.07) is 6.73. The summed E-state index contributed by atoms with van der Waals surface area (Å²) in [4.78, 5) is 50.7. The molecule has 0 aliphatic carbocycles. The highest BCUT2D eigenvalue weighted by Gasteiger charge is 2.16. The minimum absolute atomic E-state index is 0.0437. The third-order valence-corrected chi connectivity index (χ3v) is 3.14. The summed E-state index contributed by atoms with van der Waals surface area (Å²) in [7, 11) is 0. The van der Waals surface area contributed by atoms with Crippen LogP contribution in [0.4, 0.5) is 5.95 Å². The number of H-pyrrole nitrogens is 1. The minimum atomic E-state index is -0.724. The fourth-order valence-electron chi connectivity index (χ4n) is 2.00. The standard InChI is InChI=1S/C15H12N6O3/c22-12(20-14-17-6-3-7-18-14)11-8-19-15(24)21(13(11)23)9-10-4-1-2-5-16-10/h1-8H,9H2,(H,19,24)(H,17,18,20,22). The van der Waals surface area contributed by atoms with Crippen molar-refractivity contribution >= 4 is 11.9 Å². The first kappa shape index (κ1) is 15.3. The van der Waals surface area contributed by atoms with Crippen LogP contribution in [0.25, 0.3) is 0 Å². The van der Waals surface area contributed by atoms with E-state index in [9.17, 15) is 14.4 Å². The van der Waals surface area contributed by atoms with Gasteiger partial charge < -0.3 is 4.98 Å². The van der Waals surface area contributed by atoms with Gasteiger partial charge in [-0.15, -0.1) is 0 Å². The molecule has 0 unspecified atom stereocenters. The number of aromatic amines is 1. The van der Waals surface area contributed by atoms with Crippen LogP contribution in [0.2, 0.25) is 0 Å². The minimum Gasteiger partial charge on any atom is -0.313 e. The van der Waals surface area contributed by atoms with E-state index in [1.165, 1.54) is 12.4 Å². The van der Waals surface area contributed by atoms with Crippen molar-refractivity contribution in [2.75, 3.05) is 5.32 Å². The third-order valence-electron chi connectivity index (χ3n) is 3.14. The monoisotopic (exact) mass is 324 g/mol. The highest BCUT2D eigenvalue weighted by Crippen LogP contribution is 1.99. The van der Waals surface area contributed by atoms with Crippen molar-refractivity contribution < 1.29 is 4.79 Å². The molecule has 3 aromatic heterocycles. The van der Waals surface area contributed by atoms with E-state index in [0.717, 1.165) is 10.8 Å². The van der Waals surface area contributed by atoms with E-state index >= 15 is 0 Å². The molecule has 0 spiro atoms. The average Bonchev–Trinajstić information content (AvgIpc) is 2.60. The molecule has 0 saturated heterocycles. The molecule has 0 fully saturated rings. The lowest BCUT2D eigenvalue weighted by Gasteiger charge is -2.07. The number of carbonyl (C=O) groups excluding carboxylic acids is 1. The van der Waals surface area contributed by atoms with Crippen LogP contribution < -0.4 is 16.6 Å². The van der Waals surface area contributed by atoms with E-state index in [1.54, 1.807) is 30.5 Å². The first-order chi connectivity index (χ1) is 11.6. The largest absolute Gasteiger partial charge is 0.328 e. The Morgan fingerprint density at radius 3 is 2.54 bits per heavy atom. The average molecular weight is 324 g/mol. The Labute approximate surface area is 135 Å². The van der Waals surface area contributed by atoms with Crippen LogP contribution in [-0.2, 0) is 6.54 Å². The molecule has 120 valence electrons. The van der Waals surface area contributed by atoms with E-state index in [4.69, 9.17) is 0 Å². The van der Waals surface area contributed by atoms with Gasteiger partial charge in [0.2, 0.25) is 5.95 Å². The predicted octanol–water partition coefficient (Wildman–Crippen LogP) is 0.0222. The molecule has 0 aliphatic rings.